The van der Waals surface area contributed by atoms with Crippen LogP contribution in [0.1, 0.15) is 50.9 Å². The van der Waals surface area contributed by atoms with E-state index < -0.39 is 17.8 Å². The molecule has 1 saturated heterocycles. The number of hydrazone groups is 1. The molecule has 1 aromatic rings. The number of anilines is 1. The van der Waals surface area contributed by atoms with E-state index in [2.05, 4.69) is 15.5 Å². The Bertz CT molecular complexity index is 590. The van der Waals surface area contributed by atoms with Crippen molar-refractivity contribution in [1.82, 2.24) is 10.0 Å². The summed E-state index contributed by atoms with van der Waals surface area (Å²) >= 11 is 0. The van der Waals surface area contributed by atoms with Crippen LogP contribution in [0, 0.1) is 0 Å². The van der Waals surface area contributed by atoms with Crippen molar-refractivity contribution >= 4 is 29.3 Å². The SMILES string of the molecule is CC.CC(C)=NNc1ccc(C(=O)ON2C(=O)CCC2=O)cn1. The zero-order valence-electron chi connectivity index (χ0n) is 13.6. The van der Waals surface area contributed by atoms with E-state index in [1.807, 2.05) is 27.7 Å². The van der Waals surface area contributed by atoms with Gasteiger partial charge in [0.2, 0.25) is 0 Å². The molecule has 2 heterocycles. The van der Waals surface area contributed by atoms with Crippen LogP contribution in [0.3, 0.4) is 0 Å². The number of carbonyl (C=O) groups is 3. The first-order chi connectivity index (χ1) is 11.0. The first kappa shape index (κ1) is 18.3. The summed E-state index contributed by atoms with van der Waals surface area (Å²) in [5.74, 6) is -1.39. The molecule has 23 heavy (non-hydrogen) atoms. The van der Waals surface area contributed by atoms with Gasteiger partial charge in [0.1, 0.15) is 5.82 Å². The minimum atomic E-state index is -0.812. The maximum atomic E-state index is 11.8. The molecule has 0 bridgehead atoms. The highest BCUT2D eigenvalue weighted by atomic mass is 16.7. The van der Waals surface area contributed by atoms with E-state index >= 15 is 0 Å². The number of rotatable bonds is 4. The molecular weight excluding hydrogens is 300 g/mol. The number of hydroxylamine groups is 2. The largest absolute Gasteiger partial charge is 0.365 e. The molecule has 1 fully saturated rings. The minimum absolute atomic E-state index is 0.0571. The van der Waals surface area contributed by atoms with E-state index in [9.17, 15) is 14.4 Å². The number of aromatic nitrogens is 1. The Morgan fingerprint density at radius 3 is 2.30 bits per heavy atom. The van der Waals surface area contributed by atoms with Gasteiger partial charge in [-0.25, -0.2) is 9.78 Å². The van der Waals surface area contributed by atoms with Gasteiger partial charge in [-0.05, 0) is 26.0 Å². The number of carbonyl (C=O) groups excluding carboxylic acids is 3. The van der Waals surface area contributed by atoms with Gasteiger partial charge in [0.25, 0.3) is 11.8 Å². The molecule has 2 amide bonds. The maximum Gasteiger partial charge on any atom is 0.365 e. The number of imide groups is 1. The Labute approximate surface area is 134 Å². The van der Waals surface area contributed by atoms with Gasteiger partial charge in [0.05, 0.1) is 5.56 Å². The van der Waals surface area contributed by atoms with Gasteiger partial charge < -0.3 is 4.84 Å². The van der Waals surface area contributed by atoms with Crippen molar-refractivity contribution in [1.29, 1.82) is 0 Å². The number of hydrogen-bond acceptors (Lipinski definition) is 7. The lowest BCUT2D eigenvalue weighted by Gasteiger charge is -2.12. The van der Waals surface area contributed by atoms with Crippen LogP contribution >= 0.6 is 0 Å². The van der Waals surface area contributed by atoms with Crippen LogP contribution < -0.4 is 5.43 Å². The molecule has 0 aromatic carbocycles. The summed E-state index contributed by atoms with van der Waals surface area (Å²) in [4.78, 5) is 43.2. The van der Waals surface area contributed by atoms with Gasteiger partial charge in [0, 0.05) is 24.8 Å². The summed E-state index contributed by atoms with van der Waals surface area (Å²) in [6.45, 7) is 7.64. The van der Waals surface area contributed by atoms with Gasteiger partial charge in [-0.1, -0.05) is 13.8 Å². The smallest absolute Gasteiger partial charge is 0.325 e. The summed E-state index contributed by atoms with van der Waals surface area (Å²) < 4.78 is 0. The second-order valence-electron chi connectivity index (χ2n) is 4.56. The van der Waals surface area contributed by atoms with Gasteiger partial charge in [-0.2, -0.15) is 5.10 Å². The second kappa shape index (κ2) is 8.62. The van der Waals surface area contributed by atoms with E-state index in [1.54, 1.807) is 0 Å². The molecule has 1 aliphatic rings. The molecule has 8 nitrogen and oxygen atoms in total. The highest BCUT2D eigenvalue weighted by molar-refractivity contribution is 6.02. The highest BCUT2D eigenvalue weighted by Gasteiger charge is 2.33. The highest BCUT2D eigenvalue weighted by Crippen LogP contribution is 2.14. The van der Waals surface area contributed by atoms with Gasteiger partial charge in [-0.3, -0.25) is 15.0 Å². The van der Waals surface area contributed by atoms with E-state index in [0.717, 1.165) is 5.71 Å². The fourth-order valence-electron chi connectivity index (χ4n) is 1.54. The summed E-state index contributed by atoms with van der Waals surface area (Å²) in [6.07, 6.45) is 1.39. The molecule has 1 N–H and O–H groups in total. The topological polar surface area (TPSA) is 101 Å². The minimum Gasteiger partial charge on any atom is -0.325 e. The third-order valence-corrected chi connectivity index (χ3v) is 2.57. The number of nitrogens with zero attached hydrogens (tertiary/aromatic N) is 3. The Morgan fingerprint density at radius 1 is 1.22 bits per heavy atom. The molecule has 1 aromatic heterocycles. The molecule has 1 aliphatic heterocycles. The molecule has 8 heteroatoms. The normalized spacial score (nSPS) is 13.1. The first-order valence-electron chi connectivity index (χ1n) is 7.28. The lowest BCUT2D eigenvalue weighted by Crippen LogP contribution is -2.32. The van der Waals surface area contributed by atoms with Crippen LogP contribution in [0.2, 0.25) is 0 Å². The predicted molar refractivity (Wildman–Crippen MR) is 84.5 cm³/mol. The quantitative estimate of drug-likeness (QED) is 0.518. The summed E-state index contributed by atoms with van der Waals surface area (Å²) in [6, 6.07) is 3.00. The second-order valence-corrected chi connectivity index (χ2v) is 4.56. The molecule has 0 aliphatic carbocycles. The standard InChI is InChI=1S/C13H14N4O4.C2H6/c1-8(2)15-16-10-4-3-9(7-14-10)13(20)21-17-11(18)5-6-12(17)19;1-2/h3-4,7H,5-6H2,1-2H3,(H,14,16);1-2H3. The van der Waals surface area contributed by atoms with Crippen LogP contribution in [0.15, 0.2) is 23.4 Å². The van der Waals surface area contributed by atoms with Crippen LogP contribution in [-0.4, -0.2) is 33.5 Å². The summed E-state index contributed by atoms with van der Waals surface area (Å²) in [5, 5.41) is 4.46. The van der Waals surface area contributed by atoms with Crippen molar-refractivity contribution in [2.75, 3.05) is 5.43 Å². The number of amides is 2. The maximum absolute atomic E-state index is 11.8. The molecule has 2 rings (SSSR count). The predicted octanol–water partition coefficient (Wildman–Crippen LogP) is 2.14. The Kier molecular flexibility index (Phi) is 6.85. The molecular formula is C15H20N4O4. The fraction of sp³-hybridized carbons (Fsp3) is 0.400. The van der Waals surface area contributed by atoms with Crippen molar-refractivity contribution in [3.05, 3.63) is 23.9 Å². The fourth-order valence-corrected chi connectivity index (χ4v) is 1.54. The van der Waals surface area contributed by atoms with Gasteiger partial charge in [-0.15, -0.1) is 5.06 Å². The van der Waals surface area contributed by atoms with Crippen molar-refractivity contribution in [2.24, 2.45) is 5.10 Å². The zero-order valence-corrected chi connectivity index (χ0v) is 13.6. The van der Waals surface area contributed by atoms with Gasteiger partial charge >= 0.3 is 5.97 Å². The molecule has 124 valence electrons. The molecule has 0 radical (unpaired) electrons. The Morgan fingerprint density at radius 2 is 1.83 bits per heavy atom. The van der Waals surface area contributed by atoms with Crippen LogP contribution in [0.4, 0.5) is 5.82 Å². The lowest BCUT2D eigenvalue weighted by molar-refractivity contribution is -0.172. The first-order valence-corrected chi connectivity index (χ1v) is 7.28. The van der Waals surface area contributed by atoms with Crippen molar-refractivity contribution < 1.29 is 19.2 Å². The van der Waals surface area contributed by atoms with E-state index in [1.165, 1.54) is 18.3 Å². The summed E-state index contributed by atoms with van der Waals surface area (Å²) in [7, 11) is 0. The molecule has 0 saturated carbocycles. The Hall–Kier alpha value is -2.77. The Balaban J connectivity index is 0.00000127. The van der Waals surface area contributed by atoms with E-state index in [-0.39, 0.29) is 18.4 Å². The summed E-state index contributed by atoms with van der Waals surface area (Å²) in [5.41, 5.74) is 3.66. The van der Waals surface area contributed by atoms with E-state index in [0.29, 0.717) is 10.9 Å². The molecule has 0 spiro atoms. The zero-order chi connectivity index (χ0) is 17.4. The molecule has 0 atom stereocenters. The van der Waals surface area contributed by atoms with Crippen molar-refractivity contribution in [3.63, 3.8) is 0 Å². The average molecular weight is 320 g/mol. The number of pyridine rings is 1. The third-order valence-electron chi connectivity index (χ3n) is 2.57. The number of hydrogen-bond donors (Lipinski definition) is 1. The number of nitrogens with one attached hydrogen (secondary N) is 1. The molecule has 0 unspecified atom stereocenters. The average Bonchev–Trinajstić information content (AvgIpc) is 2.87. The lowest BCUT2D eigenvalue weighted by atomic mass is 10.3. The van der Waals surface area contributed by atoms with Crippen molar-refractivity contribution in [3.8, 4) is 0 Å². The monoisotopic (exact) mass is 320 g/mol. The van der Waals surface area contributed by atoms with Crippen molar-refractivity contribution in [2.45, 2.75) is 40.5 Å². The van der Waals surface area contributed by atoms with Crippen LogP contribution in [0.5, 0.6) is 0 Å². The van der Waals surface area contributed by atoms with Crippen LogP contribution in [-0.2, 0) is 14.4 Å². The van der Waals surface area contributed by atoms with E-state index in [4.69, 9.17) is 4.84 Å². The third kappa shape index (κ3) is 5.17. The van der Waals surface area contributed by atoms with Gasteiger partial charge in [0.15, 0.2) is 0 Å². The van der Waals surface area contributed by atoms with Crippen LogP contribution in [0.25, 0.3) is 0 Å².